The van der Waals surface area contributed by atoms with Gasteiger partial charge in [-0.3, -0.25) is 25.8 Å². The third kappa shape index (κ3) is 7.04. The van der Waals surface area contributed by atoms with Gasteiger partial charge in [0, 0.05) is 5.56 Å². The van der Waals surface area contributed by atoms with Crippen LogP contribution in [0, 0.1) is 0 Å². The van der Waals surface area contributed by atoms with Crippen LogP contribution < -0.4 is 25.6 Å². The summed E-state index contributed by atoms with van der Waals surface area (Å²) in [5, 5.41) is 2.47. The largest absolute Gasteiger partial charge is 0.494 e. The maximum Gasteiger partial charge on any atom is 0.276 e. The van der Waals surface area contributed by atoms with Crippen LogP contribution >= 0.6 is 12.2 Å². The van der Waals surface area contributed by atoms with Gasteiger partial charge in [0.25, 0.3) is 11.8 Å². The Hall–Kier alpha value is -3.13. The fourth-order valence-electron chi connectivity index (χ4n) is 2.62. The molecule has 3 N–H and O–H groups in total. The topological polar surface area (TPSA) is 88.7 Å². The maximum absolute atomic E-state index is 12.2. The van der Waals surface area contributed by atoms with Crippen LogP contribution in [0.15, 0.2) is 48.5 Å². The molecule has 2 aromatic carbocycles. The lowest BCUT2D eigenvalue weighted by Crippen LogP contribution is -2.49. The first-order chi connectivity index (χ1) is 14.4. The van der Waals surface area contributed by atoms with Crippen LogP contribution in [-0.4, -0.2) is 30.1 Å². The summed E-state index contributed by atoms with van der Waals surface area (Å²) in [5.41, 5.74) is 6.37. The SMILES string of the molecule is CCOc1ccc(C(=O)NC(=S)NNC(=O)COc2ccccc2C(C)CC)cc1. The fraction of sp³-hybridized carbons (Fsp3) is 0.318. The summed E-state index contributed by atoms with van der Waals surface area (Å²) >= 11 is 5.04. The summed E-state index contributed by atoms with van der Waals surface area (Å²) in [4.78, 5) is 24.2. The highest BCUT2D eigenvalue weighted by molar-refractivity contribution is 7.80. The van der Waals surface area contributed by atoms with E-state index in [1.807, 2.05) is 31.2 Å². The average molecular weight is 430 g/mol. The fourth-order valence-corrected chi connectivity index (χ4v) is 2.76. The number of ether oxygens (including phenoxy) is 2. The van der Waals surface area contributed by atoms with Gasteiger partial charge in [-0.15, -0.1) is 0 Å². The van der Waals surface area contributed by atoms with E-state index in [9.17, 15) is 9.59 Å². The Kier molecular flexibility index (Phi) is 9.08. The van der Waals surface area contributed by atoms with Crippen molar-refractivity contribution >= 4 is 29.1 Å². The average Bonchev–Trinajstić information content (AvgIpc) is 2.76. The molecule has 0 saturated heterocycles. The lowest BCUT2D eigenvalue weighted by atomic mass is 9.98. The molecule has 0 aromatic heterocycles. The normalized spacial score (nSPS) is 11.2. The van der Waals surface area contributed by atoms with Crippen molar-refractivity contribution in [2.45, 2.75) is 33.1 Å². The van der Waals surface area contributed by atoms with Gasteiger partial charge >= 0.3 is 0 Å². The molecule has 0 aliphatic heterocycles. The highest BCUT2D eigenvalue weighted by atomic mass is 32.1. The molecule has 8 heteroatoms. The number of thiocarbonyl (C=S) groups is 1. The van der Waals surface area contributed by atoms with Crippen molar-refractivity contribution in [2.75, 3.05) is 13.2 Å². The minimum Gasteiger partial charge on any atom is -0.494 e. The lowest BCUT2D eigenvalue weighted by molar-refractivity contribution is -0.123. The second-order valence-corrected chi connectivity index (χ2v) is 6.96. The molecule has 0 aliphatic rings. The van der Waals surface area contributed by atoms with Gasteiger partial charge in [0.2, 0.25) is 0 Å². The molecule has 2 aromatic rings. The van der Waals surface area contributed by atoms with Gasteiger partial charge in [-0.25, -0.2) is 0 Å². The number of hydrogen-bond acceptors (Lipinski definition) is 5. The molecule has 1 unspecified atom stereocenters. The zero-order chi connectivity index (χ0) is 21.9. The highest BCUT2D eigenvalue weighted by Crippen LogP contribution is 2.28. The number of carbonyl (C=O) groups excluding carboxylic acids is 2. The Bertz CT molecular complexity index is 871. The van der Waals surface area contributed by atoms with Gasteiger partial charge < -0.3 is 9.47 Å². The first-order valence-corrected chi connectivity index (χ1v) is 10.2. The van der Waals surface area contributed by atoms with Crippen LogP contribution in [-0.2, 0) is 4.79 Å². The summed E-state index contributed by atoms with van der Waals surface area (Å²) in [5.74, 6) is 0.855. The van der Waals surface area contributed by atoms with Crippen molar-refractivity contribution in [3.8, 4) is 11.5 Å². The quantitative estimate of drug-likeness (QED) is 0.441. The Morgan fingerprint density at radius 2 is 1.70 bits per heavy atom. The summed E-state index contributed by atoms with van der Waals surface area (Å²) in [6.07, 6.45) is 0.969. The molecular formula is C22H27N3O4S. The van der Waals surface area contributed by atoms with Gasteiger partial charge in [0.15, 0.2) is 11.7 Å². The first-order valence-electron chi connectivity index (χ1n) is 9.79. The van der Waals surface area contributed by atoms with E-state index < -0.39 is 11.8 Å². The number of carbonyl (C=O) groups is 2. The van der Waals surface area contributed by atoms with Gasteiger partial charge in [-0.1, -0.05) is 32.0 Å². The molecule has 160 valence electrons. The molecule has 0 bridgehead atoms. The molecule has 0 aliphatic carbocycles. The Morgan fingerprint density at radius 1 is 1.00 bits per heavy atom. The smallest absolute Gasteiger partial charge is 0.276 e. The summed E-state index contributed by atoms with van der Waals surface area (Å²) in [6.45, 7) is 6.45. The minimum absolute atomic E-state index is 0.0257. The standard InChI is InChI=1S/C22H27N3O4S/c1-4-15(3)18-8-6-7-9-19(18)29-14-20(26)24-25-22(30)23-21(27)16-10-12-17(13-11-16)28-5-2/h6-13,15H,4-5,14H2,1-3H3,(H,24,26)(H2,23,25,27,30). The van der Waals surface area contributed by atoms with E-state index >= 15 is 0 Å². The zero-order valence-corrected chi connectivity index (χ0v) is 18.2. The van der Waals surface area contributed by atoms with Gasteiger partial charge in [-0.2, -0.15) is 0 Å². The Morgan fingerprint density at radius 3 is 2.37 bits per heavy atom. The van der Waals surface area contributed by atoms with Crippen molar-refractivity contribution in [1.82, 2.24) is 16.2 Å². The molecular weight excluding hydrogens is 402 g/mol. The molecule has 30 heavy (non-hydrogen) atoms. The van der Waals surface area contributed by atoms with Crippen molar-refractivity contribution in [2.24, 2.45) is 0 Å². The van der Waals surface area contributed by atoms with Crippen LogP contribution in [0.25, 0.3) is 0 Å². The first kappa shape index (κ1) is 23.2. The van der Waals surface area contributed by atoms with E-state index in [-0.39, 0.29) is 11.7 Å². The number of rotatable bonds is 8. The van der Waals surface area contributed by atoms with Crippen LogP contribution in [0.1, 0.15) is 49.0 Å². The third-order valence-electron chi connectivity index (χ3n) is 4.39. The number of amides is 2. The number of benzene rings is 2. The molecule has 0 spiro atoms. The molecule has 2 amide bonds. The number of nitrogens with one attached hydrogen (secondary N) is 3. The number of para-hydroxylation sites is 1. The van der Waals surface area contributed by atoms with E-state index in [1.165, 1.54) is 0 Å². The lowest BCUT2D eigenvalue weighted by Gasteiger charge is -2.16. The maximum atomic E-state index is 12.2. The molecule has 1 atom stereocenters. The predicted octanol–water partition coefficient (Wildman–Crippen LogP) is 3.31. The van der Waals surface area contributed by atoms with Gasteiger partial charge in [0.1, 0.15) is 11.5 Å². The highest BCUT2D eigenvalue weighted by Gasteiger charge is 2.12. The van der Waals surface area contributed by atoms with Crippen molar-refractivity contribution in [1.29, 1.82) is 0 Å². The van der Waals surface area contributed by atoms with Gasteiger partial charge in [-0.05, 0) is 67.4 Å². The molecule has 0 fully saturated rings. The molecule has 0 radical (unpaired) electrons. The van der Waals surface area contributed by atoms with E-state index in [1.54, 1.807) is 24.3 Å². The van der Waals surface area contributed by atoms with E-state index in [2.05, 4.69) is 30.0 Å². The molecule has 0 saturated carbocycles. The van der Waals surface area contributed by atoms with Crippen molar-refractivity contribution in [3.63, 3.8) is 0 Å². The van der Waals surface area contributed by atoms with Crippen LogP contribution in [0.2, 0.25) is 0 Å². The van der Waals surface area contributed by atoms with Crippen LogP contribution in [0.5, 0.6) is 11.5 Å². The van der Waals surface area contributed by atoms with Crippen molar-refractivity contribution in [3.05, 3.63) is 59.7 Å². The van der Waals surface area contributed by atoms with Crippen LogP contribution in [0.3, 0.4) is 0 Å². The summed E-state index contributed by atoms with van der Waals surface area (Å²) in [6, 6.07) is 14.3. The van der Waals surface area contributed by atoms with E-state index in [0.29, 0.717) is 29.6 Å². The van der Waals surface area contributed by atoms with Crippen molar-refractivity contribution < 1.29 is 19.1 Å². The van der Waals surface area contributed by atoms with E-state index in [0.717, 1.165) is 12.0 Å². The zero-order valence-electron chi connectivity index (χ0n) is 17.4. The third-order valence-corrected chi connectivity index (χ3v) is 4.60. The molecule has 2 rings (SSSR count). The second kappa shape index (κ2) is 11.8. The Labute approximate surface area is 182 Å². The van der Waals surface area contributed by atoms with Gasteiger partial charge in [0.05, 0.1) is 6.61 Å². The summed E-state index contributed by atoms with van der Waals surface area (Å²) < 4.78 is 11.0. The number of hydrogen-bond donors (Lipinski definition) is 3. The minimum atomic E-state index is -0.424. The monoisotopic (exact) mass is 429 g/mol. The number of hydrazine groups is 1. The summed E-state index contributed by atoms with van der Waals surface area (Å²) in [7, 11) is 0. The van der Waals surface area contributed by atoms with Crippen LogP contribution in [0.4, 0.5) is 0 Å². The molecule has 7 nitrogen and oxygen atoms in total. The Balaban J connectivity index is 1.78. The predicted molar refractivity (Wildman–Crippen MR) is 120 cm³/mol. The molecule has 0 heterocycles. The van der Waals surface area contributed by atoms with E-state index in [4.69, 9.17) is 21.7 Å². The second-order valence-electron chi connectivity index (χ2n) is 6.55.